The molecule has 3 N–H and O–H groups in total. The van der Waals surface area contributed by atoms with Gasteiger partial charge in [0.1, 0.15) is 0 Å². The van der Waals surface area contributed by atoms with E-state index < -0.39 is 10.0 Å². The molecular formula is C14H22N2O2S2. The Labute approximate surface area is 125 Å². The van der Waals surface area contributed by atoms with Gasteiger partial charge in [0.25, 0.3) is 0 Å². The van der Waals surface area contributed by atoms with Crippen LogP contribution in [0, 0.1) is 13.8 Å². The number of rotatable bonds is 4. The molecule has 112 valence electrons. The minimum Gasteiger partial charge on any atom is -0.398 e. The molecule has 1 aromatic rings. The van der Waals surface area contributed by atoms with Crippen LogP contribution in [0.5, 0.6) is 0 Å². The molecule has 2 rings (SSSR count). The molecule has 1 aliphatic heterocycles. The number of aryl methyl sites for hydroxylation is 1. The number of hydrogen-bond acceptors (Lipinski definition) is 4. The highest BCUT2D eigenvalue weighted by Gasteiger charge is 2.31. The Morgan fingerprint density at radius 1 is 1.40 bits per heavy atom. The molecule has 1 aliphatic rings. The van der Waals surface area contributed by atoms with E-state index in [1.165, 1.54) is 0 Å². The Morgan fingerprint density at radius 3 is 2.70 bits per heavy atom. The third-order valence-electron chi connectivity index (χ3n) is 3.77. The topological polar surface area (TPSA) is 72.2 Å². The zero-order valence-electron chi connectivity index (χ0n) is 12.2. The fraction of sp³-hybridized carbons (Fsp3) is 0.571. The summed E-state index contributed by atoms with van der Waals surface area (Å²) in [4.78, 5) is 0.293. The normalized spacial score (nSPS) is 23.1. The molecule has 4 nitrogen and oxygen atoms in total. The summed E-state index contributed by atoms with van der Waals surface area (Å²) >= 11 is 1.84. The van der Waals surface area contributed by atoms with Crippen LogP contribution in [0.3, 0.4) is 0 Å². The van der Waals surface area contributed by atoms with Crippen molar-refractivity contribution in [1.82, 2.24) is 4.72 Å². The Hall–Kier alpha value is -0.720. The van der Waals surface area contributed by atoms with E-state index in [0.29, 0.717) is 22.7 Å². The van der Waals surface area contributed by atoms with Gasteiger partial charge >= 0.3 is 0 Å². The number of hydrogen-bond donors (Lipinski definition) is 2. The van der Waals surface area contributed by atoms with E-state index in [1.54, 1.807) is 19.1 Å². The molecule has 0 aromatic heterocycles. The van der Waals surface area contributed by atoms with Crippen molar-refractivity contribution in [3.05, 3.63) is 23.3 Å². The van der Waals surface area contributed by atoms with E-state index in [2.05, 4.69) is 11.6 Å². The quantitative estimate of drug-likeness (QED) is 0.837. The third-order valence-corrected chi connectivity index (χ3v) is 6.84. The molecule has 0 saturated carbocycles. The lowest BCUT2D eigenvalue weighted by Gasteiger charge is -2.23. The van der Waals surface area contributed by atoms with Gasteiger partial charge in [-0.15, -0.1) is 0 Å². The number of sulfonamides is 1. The van der Waals surface area contributed by atoms with Crippen molar-refractivity contribution in [2.75, 3.05) is 18.0 Å². The van der Waals surface area contributed by atoms with Crippen LogP contribution < -0.4 is 10.5 Å². The molecule has 1 saturated heterocycles. The summed E-state index contributed by atoms with van der Waals surface area (Å²) in [5.74, 6) is 1.11. The Bertz CT molecular complexity index is 606. The summed E-state index contributed by atoms with van der Waals surface area (Å²) in [5, 5.41) is 0. The number of anilines is 1. The second-order valence-corrected chi connectivity index (χ2v) is 9.12. The second kappa shape index (κ2) is 5.58. The van der Waals surface area contributed by atoms with Crippen LogP contribution >= 0.6 is 11.8 Å². The Balaban J connectivity index is 2.22. The highest BCUT2D eigenvalue weighted by Crippen LogP contribution is 2.37. The van der Waals surface area contributed by atoms with Gasteiger partial charge in [0.2, 0.25) is 10.0 Å². The summed E-state index contributed by atoms with van der Waals surface area (Å²) in [6, 6.07) is 3.47. The second-order valence-electron chi connectivity index (χ2n) is 5.70. The van der Waals surface area contributed by atoms with Crippen LogP contribution in [0.1, 0.15) is 30.9 Å². The lowest BCUT2D eigenvalue weighted by molar-refractivity contribution is 0.552. The van der Waals surface area contributed by atoms with Crippen molar-refractivity contribution < 1.29 is 8.42 Å². The zero-order valence-corrected chi connectivity index (χ0v) is 13.8. The average molecular weight is 314 g/mol. The molecule has 1 heterocycles. The Kier molecular flexibility index (Phi) is 4.37. The fourth-order valence-corrected chi connectivity index (χ4v) is 5.30. The summed E-state index contributed by atoms with van der Waals surface area (Å²) in [6.07, 6.45) is 2.20. The van der Waals surface area contributed by atoms with Crippen molar-refractivity contribution in [2.45, 2.75) is 43.3 Å². The van der Waals surface area contributed by atoms with Crippen LogP contribution in [0.25, 0.3) is 0 Å². The fourth-order valence-electron chi connectivity index (χ4n) is 2.43. The van der Waals surface area contributed by atoms with Gasteiger partial charge in [-0.25, -0.2) is 13.1 Å². The van der Waals surface area contributed by atoms with Gasteiger partial charge in [-0.1, -0.05) is 0 Å². The first-order chi connectivity index (χ1) is 9.23. The van der Waals surface area contributed by atoms with E-state index in [4.69, 9.17) is 5.73 Å². The molecular weight excluding hydrogens is 292 g/mol. The molecule has 0 bridgehead atoms. The molecule has 1 atom stereocenters. The molecule has 0 aliphatic carbocycles. The van der Waals surface area contributed by atoms with Crippen LogP contribution in [-0.2, 0) is 10.0 Å². The minimum absolute atomic E-state index is 0.0103. The van der Waals surface area contributed by atoms with E-state index in [1.807, 2.05) is 18.7 Å². The maximum absolute atomic E-state index is 12.5. The molecule has 6 heteroatoms. The lowest BCUT2D eigenvalue weighted by Crippen LogP contribution is -2.37. The molecule has 1 aromatic carbocycles. The standard InChI is InChI=1S/C14H22N2O2S2/c1-10-7-12(15)11(2)13(8-10)20(17,18)16-9-14(3)5-4-6-19-14/h7-8,16H,4-6,9,15H2,1-3H3. The Morgan fingerprint density at radius 2 is 2.10 bits per heavy atom. The maximum atomic E-state index is 12.5. The highest BCUT2D eigenvalue weighted by molar-refractivity contribution is 8.01. The minimum atomic E-state index is -3.50. The van der Waals surface area contributed by atoms with Crippen molar-refractivity contribution in [2.24, 2.45) is 0 Å². The van der Waals surface area contributed by atoms with E-state index >= 15 is 0 Å². The van der Waals surface area contributed by atoms with Gasteiger partial charge in [-0.3, -0.25) is 0 Å². The van der Waals surface area contributed by atoms with E-state index in [9.17, 15) is 8.42 Å². The van der Waals surface area contributed by atoms with E-state index in [0.717, 1.165) is 24.2 Å². The average Bonchev–Trinajstić information content (AvgIpc) is 2.79. The number of benzene rings is 1. The third kappa shape index (κ3) is 3.30. The summed E-state index contributed by atoms with van der Waals surface area (Å²) in [7, 11) is -3.50. The molecule has 0 spiro atoms. The first-order valence-electron chi connectivity index (χ1n) is 6.74. The van der Waals surface area contributed by atoms with Gasteiger partial charge < -0.3 is 5.73 Å². The number of nitrogens with one attached hydrogen (secondary N) is 1. The highest BCUT2D eigenvalue weighted by atomic mass is 32.2. The molecule has 20 heavy (non-hydrogen) atoms. The monoisotopic (exact) mass is 314 g/mol. The summed E-state index contributed by atoms with van der Waals surface area (Å²) in [5.41, 5.74) is 7.86. The lowest BCUT2D eigenvalue weighted by atomic mass is 10.1. The predicted molar refractivity (Wildman–Crippen MR) is 85.6 cm³/mol. The smallest absolute Gasteiger partial charge is 0.240 e. The van der Waals surface area contributed by atoms with Crippen LogP contribution in [0.2, 0.25) is 0 Å². The van der Waals surface area contributed by atoms with Crippen molar-refractivity contribution >= 4 is 27.5 Å². The molecule has 0 radical (unpaired) electrons. The molecule has 1 unspecified atom stereocenters. The summed E-state index contributed by atoms with van der Waals surface area (Å²) in [6.45, 7) is 6.18. The predicted octanol–water partition coefficient (Wildman–Crippen LogP) is 2.45. The van der Waals surface area contributed by atoms with Crippen molar-refractivity contribution in [3.63, 3.8) is 0 Å². The van der Waals surface area contributed by atoms with Crippen molar-refractivity contribution in [3.8, 4) is 0 Å². The number of nitrogen functional groups attached to an aromatic ring is 1. The first-order valence-corrected chi connectivity index (χ1v) is 9.21. The largest absolute Gasteiger partial charge is 0.398 e. The molecule has 0 amide bonds. The van der Waals surface area contributed by atoms with Gasteiger partial charge in [0.15, 0.2) is 0 Å². The molecule has 1 fully saturated rings. The maximum Gasteiger partial charge on any atom is 0.240 e. The number of nitrogens with two attached hydrogens (primary N) is 1. The summed E-state index contributed by atoms with van der Waals surface area (Å²) < 4.78 is 27.7. The van der Waals surface area contributed by atoms with Gasteiger partial charge in [0, 0.05) is 17.0 Å². The van der Waals surface area contributed by atoms with Gasteiger partial charge in [0.05, 0.1) is 4.90 Å². The number of thioether (sulfide) groups is 1. The van der Waals surface area contributed by atoms with Crippen LogP contribution in [0.15, 0.2) is 17.0 Å². The van der Waals surface area contributed by atoms with Crippen LogP contribution in [-0.4, -0.2) is 25.5 Å². The SMILES string of the molecule is Cc1cc(N)c(C)c(S(=O)(=O)NCC2(C)CCCS2)c1. The van der Waals surface area contributed by atoms with Gasteiger partial charge in [-0.2, -0.15) is 11.8 Å². The van der Waals surface area contributed by atoms with Crippen LogP contribution in [0.4, 0.5) is 5.69 Å². The zero-order chi connectivity index (χ0) is 15.0. The van der Waals surface area contributed by atoms with Gasteiger partial charge in [-0.05, 0) is 62.6 Å². The first kappa shape index (κ1) is 15.7. The van der Waals surface area contributed by atoms with Crippen molar-refractivity contribution in [1.29, 1.82) is 0 Å². The van der Waals surface area contributed by atoms with E-state index in [-0.39, 0.29) is 4.75 Å².